The summed E-state index contributed by atoms with van der Waals surface area (Å²) in [5, 5.41) is 12.7. The lowest BCUT2D eigenvalue weighted by Gasteiger charge is -2.13. The average Bonchev–Trinajstić information content (AvgIpc) is 3.43. The smallest absolute Gasteiger partial charge is 0.226 e. The fraction of sp³-hybridized carbons (Fsp3) is 0.227. The van der Waals surface area contributed by atoms with Gasteiger partial charge in [0.25, 0.3) is 0 Å². The number of para-hydroxylation sites is 1. The van der Waals surface area contributed by atoms with E-state index in [1.807, 2.05) is 59.3 Å². The molecule has 0 bridgehead atoms. The van der Waals surface area contributed by atoms with Gasteiger partial charge in [0.15, 0.2) is 5.65 Å². The Labute approximate surface area is 179 Å². The van der Waals surface area contributed by atoms with Crippen LogP contribution >= 0.6 is 11.6 Å². The Bertz CT molecular complexity index is 1160. The van der Waals surface area contributed by atoms with Gasteiger partial charge in [-0.3, -0.25) is 0 Å². The van der Waals surface area contributed by atoms with Crippen molar-refractivity contribution in [3.05, 3.63) is 65.8 Å². The molecule has 0 amide bonds. The van der Waals surface area contributed by atoms with Crippen LogP contribution in [0.5, 0.6) is 0 Å². The second-order valence-corrected chi connectivity index (χ2v) is 7.61. The van der Waals surface area contributed by atoms with Crippen LogP contribution in [0.3, 0.4) is 0 Å². The van der Waals surface area contributed by atoms with Crippen molar-refractivity contribution >= 4 is 40.1 Å². The maximum absolute atomic E-state index is 6.15. The molecule has 0 spiro atoms. The molecule has 0 aliphatic carbocycles. The molecule has 8 heteroatoms. The van der Waals surface area contributed by atoms with Crippen molar-refractivity contribution in [3.8, 4) is 5.69 Å². The van der Waals surface area contributed by atoms with Gasteiger partial charge in [0, 0.05) is 23.9 Å². The van der Waals surface area contributed by atoms with Crippen molar-refractivity contribution < 1.29 is 4.74 Å². The molecule has 0 radical (unpaired) electrons. The lowest BCUT2D eigenvalue weighted by molar-refractivity contribution is 0.120. The third-order valence-electron chi connectivity index (χ3n) is 5.03. The summed E-state index contributed by atoms with van der Waals surface area (Å²) in [7, 11) is 0. The zero-order valence-electron chi connectivity index (χ0n) is 16.3. The molecular formula is C22H21ClN6O. The number of hydrogen-bond acceptors (Lipinski definition) is 6. The average molecular weight is 421 g/mol. The lowest BCUT2D eigenvalue weighted by Crippen LogP contribution is -2.20. The van der Waals surface area contributed by atoms with Crippen LogP contribution in [0.15, 0.2) is 60.8 Å². The molecule has 5 rings (SSSR count). The molecule has 2 aromatic carbocycles. The summed E-state index contributed by atoms with van der Waals surface area (Å²) in [6, 6.07) is 17.5. The van der Waals surface area contributed by atoms with E-state index < -0.39 is 0 Å². The van der Waals surface area contributed by atoms with Crippen molar-refractivity contribution in [2.24, 2.45) is 0 Å². The van der Waals surface area contributed by atoms with E-state index in [0.29, 0.717) is 23.3 Å². The van der Waals surface area contributed by atoms with Gasteiger partial charge in [-0.25, -0.2) is 4.68 Å². The summed E-state index contributed by atoms with van der Waals surface area (Å²) in [4.78, 5) is 9.46. The van der Waals surface area contributed by atoms with Gasteiger partial charge in [0.2, 0.25) is 5.95 Å². The minimum atomic E-state index is 0.188. The Balaban J connectivity index is 1.55. The molecule has 1 aliphatic rings. The van der Waals surface area contributed by atoms with Crippen LogP contribution in [0.4, 0.5) is 17.5 Å². The van der Waals surface area contributed by atoms with E-state index in [2.05, 4.69) is 15.7 Å². The summed E-state index contributed by atoms with van der Waals surface area (Å²) < 4.78 is 7.53. The number of hydrogen-bond donors (Lipinski definition) is 2. The molecule has 1 aliphatic heterocycles. The van der Waals surface area contributed by atoms with Crippen molar-refractivity contribution in [1.29, 1.82) is 0 Å². The Hall–Kier alpha value is -3.16. The van der Waals surface area contributed by atoms with E-state index in [1.165, 1.54) is 0 Å². The maximum atomic E-state index is 6.15. The topological polar surface area (TPSA) is 76.9 Å². The number of nitrogens with zero attached hydrogens (tertiary/aromatic N) is 4. The number of halogens is 1. The molecule has 1 saturated heterocycles. The highest BCUT2D eigenvalue weighted by Crippen LogP contribution is 2.28. The van der Waals surface area contributed by atoms with Crippen molar-refractivity contribution in [3.63, 3.8) is 0 Å². The number of fused-ring (bicyclic) bond motifs is 1. The van der Waals surface area contributed by atoms with Crippen LogP contribution < -0.4 is 10.6 Å². The first-order chi connectivity index (χ1) is 14.8. The first kappa shape index (κ1) is 18.8. The highest BCUT2D eigenvalue weighted by molar-refractivity contribution is 6.30. The predicted octanol–water partition coefficient (Wildman–Crippen LogP) is 4.80. The summed E-state index contributed by atoms with van der Waals surface area (Å²) in [6.07, 6.45) is 4.10. The summed E-state index contributed by atoms with van der Waals surface area (Å²) in [6.45, 7) is 1.48. The summed E-state index contributed by atoms with van der Waals surface area (Å²) >= 11 is 6.15. The standard InChI is InChI=1S/C22H21ClN6O/c23-15-6-4-7-16(12-15)26-20-19-14-25-29(17-8-2-1-3-9-17)21(19)28-22(27-20)24-13-18-10-5-11-30-18/h1-4,6-9,12,14,18H,5,10-11,13H2,(H2,24,26,27,28). The van der Waals surface area contributed by atoms with Gasteiger partial charge < -0.3 is 15.4 Å². The highest BCUT2D eigenvalue weighted by Gasteiger charge is 2.18. The summed E-state index contributed by atoms with van der Waals surface area (Å²) in [5.41, 5.74) is 2.50. The van der Waals surface area contributed by atoms with E-state index in [0.717, 1.165) is 41.9 Å². The molecule has 152 valence electrons. The van der Waals surface area contributed by atoms with Crippen molar-refractivity contribution in [1.82, 2.24) is 19.7 Å². The third kappa shape index (κ3) is 3.94. The predicted molar refractivity (Wildman–Crippen MR) is 119 cm³/mol. The minimum Gasteiger partial charge on any atom is -0.376 e. The second-order valence-electron chi connectivity index (χ2n) is 7.18. The first-order valence-corrected chi connectivity index (χ1v) is 10.3. The first-order valence-electron chi connectivity index (χ1n) is 9.95. The molecule has 4 aromatic rings. The minimum absolute atomic E-state index is 0.188. The fourth-order valence-corrected chi connectivity index (χ4v) is 3.74. The normalized spacial score (nSPS) is 16.1. The third-order valence-corrected chi connectivity index (χ3v) is 5.26. The molecule has 30 heavy (non-hydrogen) atoms. The van der Waals surface area contributed by atoms with E-state index in [4.69, 9.17) is 26.3 Å². The molecule has 1 fully saturated rings. The molecule has 1 unspecified atom stereocenters. The summed E-state index contributed by atoms with van der Waals surface area (Å²) in [5.74, 6) is 1.19. The van der Waals surface area contributed by atoms with E-state index >= 15 is 0 Å². The van der Waals surface area contributed by atoms with Gasteiger partial charge >= 0.3 is 0 Å². The lowest BCUT2D eigenvalue weighted by atomic mass is 10.2. The Kier molecular flexibility index (Phi) is 5.21. The van der Waals surface area contributed by atoms with Gasteiger partial charge in [-0.2, -0.15) is 15.1 Å². The largest absolute Gasteiger partial charge is 0.376 e. The zero-order valence-corrected chi connectivity index (χ0v) is 17.0. The monoisotopic (exact) mass is 420 g/mol. The SMILES string of the molecule is Clc1cccc(Nc2nc(NCC3CCCO3)nc3c2cnn3-c2ccccc2)c1. The molecule has 3 heterocycles. The van der Waals surface area contributed by atoms with Crippen LogP contribution in [0.1, 0.15) is 12.8 Å². The van der Waals surface area contributed by atoms with Gasteiger partial charge in [-0.15, -0.1) is 0 Å². The number of rotatable bonds is 6. The highest BCUT2D eigenvalue weighted by atomic mass is 35.5. The molecule has 7 nitrogen and oxygen atoms in total. The molecule has 1 atom stereocenters. The van der Waals surface area contributed by atoms with Crippen molar-refractivity contribution in [2.75, 3.05) is 23.8 Å². The Morgan fingerprint density at radius 3 is 2.80 bits per heavy atom. The Morgan fingerprint density at radius 2 is 2.00 bits per heavy atom. The van der Waals surface area contributed by atoms with E-state index in [9.17, 15) is 0 Å². The Morgan fingerprint density at radius 1 is 1.10 bits per heavy atom. The van der Waals surface area contributed by atoms with Gasteiger partial charge in [-0.1, -0.05) is 35.9 Å². The molecule has 2 aromatic heterocycles. The van der Waals surface area contributed by atoms with Gasteiger partial charge in [0.05, 0.1) is 23.4 Å². The van der Waals surface area contributed by atoms with Gasteiger partial charge in [0.1, 0.15) is 5.82 Å². The van der Waals surface area contributed by atoms with Crippen LogP contribution in [-0.4, -0.2) is 39.0 Å². The number of benzene rings is 2. The molecule has 0 saturated carbocycles. The van der Waals surface area contributed by atoms with Crippen LogP contribution in [0.2, 0.25) is 5.02 Å². The van der Waals surface area contributed by atoms with Crippen molar-refractivity contribution in [2.45, 2.75) is 18.9 Å². The maximum Gasteiger partial charge on any atom is 0.226 e. The second kappa shape index (κ2) is 8.30. The number of ether oxygens (including phenoxy) is 1. The zero-order chi connectivity index (χ0) is 20.3. The van der Waals surface area contributed by atoms with E-state index in [1.54, 1.807) is 6.20 Å². The van der Waals surface area contributed by atoms with Crippen LogP contribution in [0.25, 0.3) is 16.7 Å². The quantitative estimate of drug-likeness (QED) is 0.466. The van der Waals surface area contributed by atoms with Crippen LogP contribution in [-0.2, 0) is 4.74 Å². The number of aromatic nitrogens is 4. The molecular weight excluding hydrogens is 400 g/mol. The number of anilines is 3. The van der Waals surface area contributed by atoms with E-state index in [-0.39, 0.29) is 6.10 Å². The molecule has 2 N–H and O–H groups in total. The fourth-order valence-electron chi connectivity index (χ4n) is 3.55. The number of nitrogens with one attached hydrogen (secondary N) is 2. The van der Waals surface area contributed by atoms with Gasteiger partial charge in [-0.05, 0) is 43.2 Å². The van der Waals surface area contributed by atoms with Crippen LogP contribution in [0, 0.1) is 0 Å².